The van der Waals surface area contributed by atoms with Gasteiger partial charge in [-0.1, -0.05) is 29.0 Å². The van der Waals surface area contributed by atoms with Crippen LogP contribution in [0.4, 0.5) is 4.39 Å². The second-order valence-electron chi connectivity index (χ2n) is 6.71. The van der Waals surface area contributed by atoms with Crippen molar-refractivity contribution >= 4 is 49.1 Å². The van der Waals surface area contributed by atoms with Crippen LogP contribution in [-0.2, 0) is 21.9 Å². The molecular formula is C19H17ClFN3O3S2. The maximum absolute atomic E-state index is 13.2. The molecule has 0 bridgehead atoms. The predicted octanol–water partition coefficient (Wildman–Crippen LogP) is 3.31. The summed E-state index contributed by atoms with van der Waals surface area (Å²) in [5.41, 5.74) is 0.771. The molecule has 1 saturated heterocycles. The normalized spacial score (nSPS) is 18.6. The van der Waals surface area contributed by atoms with Crippen LogP contribution in [0.3, 0.4) is 0 Å². The number of amides is 1. The average Bonchev–Trinajstić information content (AvgIpc) is 3.29. The summed E-state index contributed by atoms with van der Waals surface area (Å²) in [5, 5.41) is 0.552. The first kappa shape index (κ1) is 20.2. The van der Waals surface area contributed by atoms with E-state index in [9.17, 15) is 17.6 Å². The smallest absolute Gasteiger partial charge is 0.266 e. The summed E-state index contributed by atoms with van der Waals surface area (Å²) in [7, 11) is -2.16. The first-order valence-corrected chi connectivity index (χ1v) is 11.5. The largest absolute Gasteiger partial charge is 0.318 e. The van der Waals surface area contributed by atoms with Gasteiger partial charge >= 0.3 is 0 Å². The summed E-state index contributed by atoms with van der Waals surface area (Å²) in [5.74, 6) is -1.05. The molecule has 10 heteroatoms. The van der Waals surface area contributed by atoms with Crippen molar-refractivity contribution in [2.75, 3.05) is 6.54 Å². The number of aryl methyl sites for hydroxylation is 1. The minimum absolute atomic E-state index is 0.0437. The number of sulfonamides is 1. The molecule has 152 valence electrons. The van der Waals surface area contributed by atoms with Crippen molar-refractivity contribution in [3.05, 3.63) is 58.1 Å². The molecule has 29 heavy (non-hydrogen) atoms. The van der Waals surface area contributed by atoms with Crippen LogP contribution in [0.2, 0.25) is 5.02 Å². The third-order valence-corrected chi connectivity index (χ3v) is 8.21. The molecule has 1 amide bonds. The standard InChI is InChI=1S/C19H17ClFN3O3S2/c1-23-17-14(20)4-2-6-16(17)28-19(23)22-18(25)15-5-3-11-24(15)29(26,27)13-9-7-12(21)8-10-13/h2,4,6-10,15H,3,5,11H2,1H3. The summed E-state index contributed by atoms with van der Waals surface area (Å²) < 4.78 is 42.8. The zero-order valence-electron chi connectivity index (χ0n) is 15.4. The van der Waals surface area contributed by atoms with Gasteiger partial charge in [0.1, 0.15) is 11.9 Å². The van der Waals surface area contributed by atoms with Crippen LogP contribution in [0.1, 0.15) is 12.8 Å². The molecule has 0 spiro atoms. The third kappa shape index (κ3) is 3.63. The number of halogens is 2. The first-order chi connectivity index (χ1) is 13.8. The number of aromatic nitrogens is 1. The highest BCUT2D eigenvalue weighted by atomic mass is 35.5. The van der Waals surface area contributed by atoms with Gasteiger partial charge in [0, 0.05) is 13.6 Å². The van der Waals surface area contributed by atoms with Gasteiger partial charge < -0.3 is 4.57 Å². The lowest BCUT2D eigenvalue weighted by atomic mass is 10.2. The molecule has 2 aromatic carbocycles. The van der Waals surface area contributed by atoms with E-state index >= 15 is 0 Å². The van der Waals surface area contributed by atoms with E-state index in [2.05, 4.69) is 4.99 Å². The Bertz CT molecular complexity index is 1270. The summed E-state index contributed by atoms with van der Waals surface area (Å²) in [4.78, 5) is 17.5. The fourth-order valence-electron chi connectivity index (χ4n) is 3.45. The Morgan fingerprint density at radius 1 is 1.24 bits per heavy atom. The Hall–Kier alpha value is -2.07. The van der Waals surface area contributed by atoms with Crippen LogP contribution >= 0.6 is 22.9 Å². The molecular weight excluding hydrogens is 437 g/mol. The Morgan fingerprint density at radius 2 is 1.97 bits per heavy atom. The van der Waals surface area contributed by atoms with E-state index in [4.69, 9.17) is 11.6 Å². The fraction of sp³-hybridized carbons (Fsp3) is 0.263. The lowest BCUT2D eigenvalue weighted by Gasteiger charge is -2.21. The van der Waals surface area contributed by atoms with Gasteiger partial charge in [-0.05, 0) is 49.2 Å². The average molecular weight is 454 g/mol. The number of thiazole rings is 1. The molecule has 6 nitrogen and oxygen atoms in total. The first-order valence-electron chi connectivity index (χ1n) is 8.89. The Balaban J connectivity index is 1.70. The van der Waals surface area contributed by atoms with E-state index in [1.54, 1.807) is 17.7 Å². The van der Waals surface area contributed by atoms with Gasteiger partial charge in [-0.25, -0.2) is 12.8 Å². The molecule has 0 saturated carbocycles. The molecule has 1 unspecified atom stereocenters. The summed E-state index contributed by atoms with van der Waals surface area (Å²) in [6.45, 7) is 0.218. The topological polar surface area (TPSA) is 71.7 Å². The summed E-state index contributed by atoms with van der Waals surface area (Å²) in [6, 6.07) is 9.17. The lowest BCUT2D eigenvalue weighted by molar-refractivity contribution is -0.121. The highest BCUT2D eigenvalue weighted by Gasteiger charge is 2.39. The number of hydrogen-bond acceptors (Lipinski definition) is 4. The van der Waals surface area contributed by atoms with Crippen molar-refractivity contribution in [1.82, 2.24) is 8.87 Å². The second-order valence-corrected chi connectivity index (χ2v) is 10.0. The number of benzene rings is 2. The van der Waals surface area contributed by atoms with Gasteiger partial charge in [-0.3, -0.25) is 4.79 Å². The number of rotatable bonds is 3. The quantitative estimate of drug-likeness (QED) is 0.610. The minimum Gasteiger partial charge on any atom is -0.318 e. The number of carbonyl (C=O) groups is 1. The molecule has 0 N–H and O–H groups in total. The maximum atomic E-state index is 13.2. The highest BCUT2D eigenvalue weighted by Crippen LogP contribution is 2.28. The van der Waals surface area contributed by atoms with Gasteiger partial charge in [-0.15, -0.1) is 0 Å². The number of fused-ring (bicyclic) bond motifs is 1. The number of nitrogens with zero attached hydrogens (tertiary/aromatic N) is 3. The number of carbonyl (C=O) groups excluding carboxylic acids is 1. The molecule has 1 aromatic heterocycles. The van der Waals surface area contributed by atoms with Crippen molar-refractivity contribution in [3.8, 4) is 0 Å². The summed E-state index contributed by atoms with van der Waals surface area (Å²) in [6.07, 6.45) is 0.939. The Morgan fingerprint density at radius 3 is 2.66 bits per heavy atom. The zero-order chi connectivity index (χ0) is 20.8. The van der Waals surface area contributed by atoms with Crippen LogP contribution in [-0.4, -0.2) is 35.8 Å². The van der Waals surface area contributed by atoms with Crippen molar-refractivity contribution in [1.29, 1.82) is 0 Å². The van der Waals surface area contributed by atoms with Crippen LogP contribution < -0.4 is 4.80 Å². The van der Waals surface area contributed by atoms with Gasteiger partial charge in [0.05, 0.1) is 20.1 Å². The SMILES string of the molecule is Cn1c(=NC(=O)C2CCCN2S(=O)(=O)c2ccc(F)cc2)sc2cccc(Cl)c21. The molecule has 1 fully saturated rings. The van der Waals surface area contributed by atoms with Crippen molar-refractivity contribution in [2.45, 2.75) is 23.8 Å². The van der Waals surface area contributed by atoms with Gasteiger partial charge in [-0.2, -0.15) is 9.30 Å². The second kappa shape index (κ2) is 7.64. The fourth-order valence-corrected chi connectivity index (χ4v) is 6.51. The van der Waals surface area contributed by atoms with Crippen LogP contribution in [0, 0.1) is 5.82 Å². The van der Waals surface area contributed by atoms with E-state index in [0.717, 1.165) is 26.7 Å². The third-order valence-electron chi connectivity index (χ3n) is 4.89. The van der Waals surface area contributed by atoms with Crippen LogP contribution in [0.5, 0.6) is 0 Å². The van der Waals surface area contributed by atoms with Crippen molar-refractivity contribution in [2.24, 2.45) is 12.0 Å². The summed E-state index contributed by atoms with van der Waals surface area (Å²) >= 11 is 7.56. The molecule has 1 aliphatic heterocycles. The molecule has 1 atom stereocenters. The van der Waals surface area contributed by atoms with Crippen molar-refractivity contribution < 1.29 is 17.6 Å². The van der Waals surface area contributed by atoms with E-state index in [-0.39, 0.29) is 11.4 Å². The number of para-hydroxylation sites is 1. The van der Waals surface area contributed by atoms with Crippen molar-refractivity contribution in [3.63, 3.8) is 0 Å². The van der Waals surface area contributed by atoms with E-state index in [1.165, 1.54) is 23.5 Å². The number of hydrogen-bond donors (Lipinski definition) is 0. The predicted molar refractivity (Wildman–Crippen MR) is 110 cm³/mol. The monoisotopic (exact) mass is 453 g/mol. The molecule has 4 rings (SSSR count). The molecule has 0 radical (unpaired) electrons. The molecule has 3 aromatic rings. The van der Waals surface area contributed by atoms with Gasteiger partial charge in [0.15, 0.2) is 4.80 Å². The van der Waals surface area contributed by atoms with Gasteiger partial charge in [0.25, 0.3) is 5.91 Å². The lowest BCUT2D eigenvalue weighted by Crippen LogP contribution is -2.40. The van der Waals surface area contributed by atoms with Gasteiger partial charge in [0.2, 0.25) is 10.0 Å². The van der Waals surface area contributed by atoms with Crippen LogP contribution in [0.25, 0.3) is 10.2 Å². The van der Waals surface area contributed by atoms with E-state index in [1.807, 2.05) is 12.1 Å². The Kier molecular flexibility index (Phi) is 5.32. The highest BCUT2D eigenvalue weighted by molar-refractivity contribution is 7.89. The zero-order valence-corrected chi connectivity index (χ0v) is 17.8. The van der Waals surface area contributed by atoms with E-state index in [0.29, 0.717) is 22.7 Å². The molecule has 0 aliphatic carbocycles. The maximum Gasteiger partial charge on any atom is 0.266 e. The molecule has 2 heterocycles. The van der Waals surface area contributed by atoms with Crippen LogP contribution in [0.15, 0.2) is 52.4 Å². The Labute approximate surface area is 175 Å². The molecule has 1 aliphatic rings. The minimum atomic E-state index is -3.92. The van der Waals surface area contributed by atoms with E-state index < -0.39 is 27.8 Å².